The van der Waals surface area contributed by atoms with Crippen molar-refractivity contribution >= 4 is 0 Å². The molecular formula is C12H24O4. The summed E-state index contributed by atoms with van der Waals surface area (Å²) in [5, 5.41) is 10.1. The molecule has 96 valence electrons. The smallest absolute Gasteiger partial charge is 0.183 e. The number of hydrogen-bond donors (Lipinski definition) is 1. The first-order chi connectivity index (χ1) is 7.58. The van der Waals surface area contributed by atoms with Crippen LogP contribution in [0.25, 0.3) is 0 Å². The molecule has 1 aliphatic rings. The summed E-state index contributed by atoms with van der Waals surface area (Å²) in [5.74, 6) is -1.05. The van der Waals surface area contributed by atoms with Crippen molar-refractivity contribution in [2.45, 2.75) is 70.7 Å². The second-order valence-corrected chi connectivity index (χ2v) is 4.32. The van der Waals surface area contributed by atoms with Crippen LogP contribution in [0.15, 0.2) is 0 Å². The lowest BCUT2D eigenvalue weighted by Gasteiger charge is -2.30. The summed E-state index contributed by atoms with van der Waals surface area (Å²) >= 11 is 0. The molecule has 1 saturated heterocycles. The van der Waals surface area contributed by atoms with Gasteiger partial charge < -0.3 is 19.3 Å². The van der Waals surface area contributed by atoms with Crippen molar-refractivity contribution in [2.24, 2.45) is 0 Å². The number of hydrogen-bond acceptors (Lipinski definition) is 4. The Kier molecular flexibility index (Phi) is 5.18. The Morgan fingerprint density at radius 2 is 1.94 bits per heavy atom. The van der Waals surface area contributed by atoms with Gasteiger partial charge >= 0.3 is 0 Å². The molecule has 1 aliphatic heterocycles. The molecule has 16 heavy (non-hydrogen) atoms. The van der Waals surface area contributed by atoms with E-state index in [1.807, 2.05) is 13.8 Å². The molecule has 0 spiro atoms. The summed E-state index contributed by atoms with van der Waals surface area (Å²) in [6.45, 7) is 5.91. The number of ether oxygens (including phenoxy) is 3. The molecule has 4 heteroatoms. The lowest BCUT2D eigenvalue weighted by atomic mass is 10.1. The third-order valence-corrected chi connectivity index (χ3v) is 3.29. The van der Waals surface area contributed by atoms with Gasteiger partial charge in [0, 0.05) is 13.5 Å². The first-order valence-corrected chi connectivity index (χ1v) is 6.17. The SMILES string of the molecule is CCC1CC(OC(O)(CC)CC)C(OC)O1. The molecule has 0 saturated carbocycles. The van der Waals surface area contributed by atoms with Gasteiger partial charge in [0.05, 0.1) is 6.10 Å². The van der Waals surface area contributed by atoms with Crippen molar-refractivity contribution in [3.8, 4) is 0 Å². The molecule has 0 aromatic heterocycles. The minimum atomic E-state index is -1.05. The highest BCUT2D eigenvalue weighted by Crippen LogP contribution is 2.30. The van der Waals surface area contributed by atoms with Gasteiger partial charge in [0.15, 0.2) is 12.1 Å². The standard InChI is InChI=1S/C12H24O4/c1-5-9-8-10(11(14-4)15-9)16-12(13,6-2)7-3/h9-11,13H,5-8H2,1-4H3. The Labute approximate surface area is 97.9 Å². The largest absolute Gasteiger partial charge is 0.365 e. The van der Waals surface area contributed by atoms with E-state index < -0.39 is 5.79 Å². The average Bonchev–Trinajstić information content (AvgIpc) is 2.71. The van der Waals surface area contributed by atoms with E-state index in [0.29, 0.717) is 12.8 Å². The van der Waals surface area contributed by atoms with Crippen LogP contribution < -0.4 is 0 Å². The average molecular weight is 232 g/mol. The maximum atomic E-state index is 10.1. The summed E-state index contributed by atoms with van der Waals surface area (Å²) in [7, 11) is 1.61. The highest BCUT2D eigenvalue weighted by molar-refractivity contribution is 4.80. The summed E-state index contributed by atoms with van der Waals surface area (Å²) < 4.78 is 16.6. The normalized spacial score (nSPS) is 30.9. The van der Waals surface area contributed by atoms with Crippen LogP contribution in [0.3, 0.4) is 0 Å². The molecule has 3 atom stereocenters. The molecule has 0 aromatic rings. The van der Waals surface area contributed by atoms with Gasteiger partial charge in [0.1, 0.15) is 6.10 Å². The van der Waals surface area contributed by atoms with Crippen molar-refractivity contribution in [1.82, 2.24) is 0 Å². The summed E-state index contributed by atoms with van der Waals surface area (Å²) in [6, 6.07) is 0. The fourth-order valence-electron chi connectivity index (χ4n) is 1.98. The van der Waals surface area contributed by atoms with Gasteiger partial charge in [-0.05, 0) is 19.3 Å². The van der Waals surface area contributed by atoms with Crippen LogP contribution >= 0.6 is 0 Å². The Morgan fingerprint density at radius 1 is 1.31 bits per heavy atom. The van der Waals surface area contributed by atoms with E-state index in [1.54, 1.807) is 7.11 Å². The minimum Gasteiger partial charge on any atom is -0.365 e. The summed E-state index contributed by atoms with van der Waals surface area (Å²) in [5.41, 5.74) is 0. The molecule has 3 unspecified atom stereocenters. The number of methoxy groups -OCH3 is 1. The molecule has 0 aromatic carbocycles. The molecule has 1 rings (SSSR count). The Bertz CT molecular complexity index is 203. The second-order valence-electron chi connectivity index (χ2n) is 4.32. The molecular weight excluding hydrogens is 208 g/mol. The fraction of sp³-hybridized carbons (Fsp3) is 1.00. The van der Waals surface area contributed by atoms with Crippen LogP contribution in [0.2, 0.25) is 0 Å². The van der Waals surface area contributed by atoms with E-state index in [1.165, 1.54) is 0 Å². The van der Waals surface area contributed by atoms with Crippen molar-refractivity contribution < 1.29 is 19.3 Å². The topological polar surface area (TPSA) is 47.9 Å². The Hall–Kier alpha value is -0.160. The molecule has 0 radical (unpaired) electrons. The van der Waals surface area contributed by atoms with E-state index >= 15 is 0 Å². The summed E-state index contributed by atoms with van der Waals surface area (Å²) in [6.07, 6.45) is 2.54. The van der Waals surface area contributed by atoms with Crippen LogP contribution in [-0.4, -0.2) is 36.5 Å². The van der Waals surface area contributed by atoms with Gasteiger partial charge in [-0.15, -0.1) is 0 Å². The number of aliphatic hydroxyl groups is 1. The maximum Gasteiger partial charge on any atom is 0.183 e. The lowest BCUT2D eigenvalue weighted by Crippen LogP contribution is -2.39. The van der Waals surface area contributed by atoms with Crippen LogP contribution in [0, 0.1) is 0 Å². The molecule has 1 fully saturated rings. The van der Waals surface area contributed by atoms with Crippen LogP contribution in [0.1, 0.15) is 46.5 Å². The van der Waals surface area contributed by atoms with Gasteiger partial charge in [-0.25, -0.2) is 0 Å². The van der Waals surface area contributed by atoms with Gasteiger partial charge in [-0.2, -0.15) is 0 Å². The molecule has 0 aliphatic carbocycles. The zero-order chi connectivity index (χ0) is 12.2. The second kappa shape index (κ2) is 5.96. The van der Waals surface area contributed by atoms with Crippen LogP contribution in [0.4, 0.5) is 0 Å². The zero-order valence-corrected chi connectivity index (χ0v) is 10.7. The minimum absolute atomic E-state index is 0.167. The van der Waals surface area contributed by atoms with Crippen molar-refractivity contribution in [3.63, 3.8) is 0 Å². The van der Waals surface area contributed by atoms with Gasteiger partial charge in [-0.3, -0.25) is 0 Å². The predicted octanol–water partition coefficient (Wildman–Crippen LogP) is 2.05. The summed E-state index contributed by atoms with van der Waals surface area (Å²) in [4.78, 5) is 0. The fourth-order valence-corrected chi connectivity index (χ4v) is 1.98. The van der Waals surface area contributed by atoms with Gasteiger partial charge in [0.25, 0.3) is 0 Å². The van der Waals surface area contributed by atoms with E-state index in [-0.39, 0.29) is 18.5 Å². The van der Waals surface area contributed by atoms with Crippen molar-refractivity contribution in [1.29, 1.82) is 0 Å². The third kappa shape index (κ3) is 3.17. The maximum absolute atomic E-state index is 10.1. The molecule has 0 amide bonds. The lowest BCUT2D eigenvalue weighted by molar-refractivity contribution is -0.266. The predicted molar refractivity (Wildman–Crippen MR) is 61.0 cm³/mol. The molecule has 1 heterocycles. The van der Waals surface area contributed by atoms with Crippen molar-refractivity contribution in [2.75, 3.05) is 7.11 Å². The first-order valence-electron chi connectivity index (χ1n) is 6.17. The monoisotopic (exact) mass is 232 g/mol. The van der Waals surface area contributed by atoms with Crippen LogP contribution in [-0.2, 0) is 14.2 Å². The van der Waals surface area contributed by atoms with E-state index in [2.05, 4.69) is 6.92 Å². The van der Waals surface area contributed by atoms with E-state index in [4.69, 9.17) is 14.2 Å². The van der Waals surface area contributed by atoms with Gasteiger partial charge in [-0.1, -0.05) is 20.8 Å². The Morgan fingerprint density at radius 3 is 2.38 bits per heavy atom. The molecule has 1 N–H and O–H groups in total. The highest BCUT2D eigenvalue weighted by atomic mass is 16.7. The van der Waals surface area contributed by atoms with Crippen LogP contribution in [0.5, 0.6) is 0 Å². The third-order valence-electron chi connectivity index (χ3n) is 3.29. The van der Waals surface area contributed by atoms with E-state index in [9.17, 15) is 5.11 Å². The molecule has 0 bridgehead atoms. The van der Waals surface area contributed by atoms with E-state index in [0.717, 1.165) is 12.8 Å². The number of rotatable bonds is 6. The zero-order valence-electron chi connectivity index (χ0n) is 10.7. The van der Waals surface area contributed by atoms with Gasteiger partial charge in [0.2, 0.25) is 0 Å². The quantitative estimate of drug-likeness (QED) is 0.712. The first kappa shape index (κ1) is 13.9. The van der Waals surface area contributed by atoms with Crippen molar-refractivity contribution in [3.05, 3.63) is 0 Å². The Balaban J connectivity index is 2.58. The highest BCUT2D eigenvalue weighted by Gasteiger charge is 2.39. The molecule has 4 nitrogen and oxygen atoms in total.